The first kappa shape index (κ1) is 11.6. The van der Waals surface area contributed by atoms with E-state index in [4.69, 9.17) is 0 Å². The van der Waals surface area contributed by atoms with Crippen LogP contribution in [0, 0.1) is 0 Å². The first-order valence-corrected chi connectivity index (χ1v) is 6.16. The molecule has 1 amide bonds. The molecule has 0 aromatic carbocycles. The molecule has 2 N–H and O–H groups in total. The van der Waals surface area contributed by atoms with Gasteiger partial charge in [-0.15, -0.1) is 0 Å². The van der Waals surface area contributed by atoms with E-state index in [1.165, 1.54) is 0 Å². The Bertz CT molecular complexity index is 496. The van der Waals surface area contributed by atoms with Crippen molar-refractivity contribution in [1.82, 2.24) is 10.3 Å². The van der Waals surface area contributed by atoms with Gasteiger partial charge in [0.2, 0.25) is 0 Å². The predicted molar refractivity (Wildman–Crippen MR) is 69.3 cm³/mol. The smallest absolute Gasteiger partial charge is 0.255 e. The minimum Gasteiger partial charge on any atom is -0.387 e. The Morgan fingerprint density at radius 1 is 1.47 bits per heavy atom. The first-order valence-electron chi connectivity index (χ1n) is 5.22. The van der Waals surface area contributed by atoms with E-state index >= 15 is 0 Å². The van der Waals surface area contributed by atoms with Crippen LogP contribution in [0.1, 0.15) is 15.9 Å². The van der Waals surface area contributed by atoms with Gasteiger partial charge in [-0.3, -0.25) is 9.78 Å². The highest BCUT2D eigenvalue weighted by Gasteiger charge is 2.09. The molecule has 0 aliphatic heterocycles. The van der Waals surface area contributed by atoms with Crippen LogP contribution < -0.4 is 10.6 Å². The number of hydrogen-bond donors (Lipinski definition) is 2. The Labute approximate surface area is 104 Å². The average molecular weight is 247 g/mol. The summed E-state index contributed by atoms with van der Waals surface area (Å²) >= 11 is 1.62. The lowest BCUT2D eigenvalue weighted by molar-refractivity contribution is 0.0951. The third-order valence-corrected chi connectivity index (χ3v) is 3.10. The summed E-state index contributed by atoms with van der Waals surface area (Å²) in [5.41, 5.74) is 2.45. The van der Waals surface area contributed by atoms with Crippen molar-refractivity contribution < 1.29 is 4.79 Å². The summed E-state index contributed by atoms with van der Waals surface area (Å²) in [7, 11) is 1.78. The zero-order valence-electron chi connectivity index (χ0n) is 9.43. The van der Waals surface area contributed by atoms with Crippen LogP contribution in [0.5, 0.6) is 0 Å². The molecule has 0 aliphatic rings. The number of amides is 1. The molecule has 5 heteroatoms. The van der Waals surface area contributed by atoms with Crippen LogP contribution in [0.4, 0.5) is 5.69 Å². The Balaban J connectivity index is 2.04. The van der Waals surface area contributed by atoms with Gasteiger partial charge < -0.3 is 10.6 Å². The molecular weight excluding hydrogens is 234 g/mol. The molecule has 0 fully saturated rings. The van der Waals surface area contributed by atoms with Crippen LogP contribution in [-0.4, -0.2) is 17.9 Å². The van der Waals surface area contributed by atoms with Crippen LogP contribution in [0.25, 0.3) is 0 Å². The highest BCUT2D eigenvalue weighted by atomic mass is 32.1. The van der Waals surface area contributed by atoms with Crippen molar-refractivity contribution in [1.29, 1.82) is 0 Å². The molecule has 17 heavy (non-hydrogen) atoms. The van der Waals surface area contributed by atoms with Crippen LogP contribution in [0.15, 0.2) is 35.3 Å². The molecule has 2 heterocycles. The Morgan fingerprint density at radius 3 is 3.06 bits per heavy atom. The molecule has 0 unspecified atom stereocenters. The number of anilines is 1. The lowest BCUT2D eigenvalue weighted by Gasteiger charge is -2.08. The van der Waals surface area contributed by atoms with E-state index in [1.807, 2.05) is 16.8 Å². The molecule has 4 nitrogen and oxygen atoms in total. The largest absolute Gasteiger partial charge is 0.387 e. The third-order valence-electron chi connectivity index (χ3n) is 2.37. The minimum absolute atomic E-state index is 0.117. The molecule has 0 aliphatic carbocycles. The third kappa shape index (κ3) is 2.82. The lowest BCUT2D eigenvalue weighted by atomic mass is 10.2. The molecule has 2 rings (SSSR count). The average Bonchev–Trinajstić information content (AvgIpc) is 2.89. The monoisotopic (exact) mass is 247 g/mol. The summed E-state index contributed by atoms with van der Waals surface area (Å²) in [6.07, 6.45) is 3.22. The highest BCUT2D eigenvalue weighted by Crippen LogP contribution is 2.12. The standard InChI is InChI=1S/C12H13N3OS/c1-13-11-2-4-14-7-10(11)12(16)15-6-9-3-5-17-8-9/h2-5,7-8H,6H2,1H3,(H,13,14)(H,15,16). The fourth-order valence-corrected chi connectivity index (χ4v) is 2.13. The zero-order chi connectivity index (χ0) is 12.1. The van der Waals surface area contributed by atoms with E-state index in [0.29, 0.717) is 12.1 Å². The van der Waals surface area contributed by atoms with E-state index in [1.54, 1.807) is 36.8 Å². The second-order valence-electron chi connectivity index (χ2n) is 3.49. The molecule has 0 saturated heterocycles. The molecule has 0 radical (unpaired) electrons. The Hall–Kier alpha value is -1.88. The lowest BCUT2D eigenvalue weighted by Crippen LogP contribution is -2.23. The number of pyridine rings is 1. The van der Waals surface area contributed by atoms with Crippen molar-refractivity contribution in [2.75, 3.05) is 12.4 Å². The van der Waals surface area contributed by atoms with Gasteiger partial charge in [-0.2, -0.15) is 11.3 Å². The van der Waals surface area contributed by atoms with Gasteiger partial charge in [0, 0.05) is 31.7 Å². The van der Waals surface area contributed by atoms with E-state index < -0.39 is 0 Å². The van der Waals surface area contributed by atoms with Gasteiger partial charge in [-0.25, -0.2) is 0 Å². The normalized spacial score (nSPS) is 9.94. The Morgan fingerprint density at radius 2 is 2.35 bits per heavy atom. The summed E-state index contributed by atoms with van der Waals surface area (Å²) < 4.78 is 0. The van der Waals surface area contributed by atoms with Gasteiger partial charge in [0.15, 0.2) is 0 Å². The molecule has 0 bridgehead atoms. The highest BCUT2D eigenvalue weighted by molar-refractivity contribution is 7.07. The van der Waals surface area contributed by atoms with Gasteiger partial charge in [0.05, 0.1) is 5.56 Å². The maximum Gasteiger partial charge on any atom is 0.255 e. The van der Waals surface area contributed by atoms with Gasteiger partial charge in [0.25, 0.3) is 5.91 Å². The molecule has 88 valence electrons. The van der Waals surface area contributed by atoms with Crippen molar-refractivity contribution in [2.24, 2.45) is 0 Å². The minimum atomic E-state index is -0.117. The maximum atomic E-state index is 11.9. The first-order chi connectivity index (χ1) is 8.31. The summed E-state index contributed by atoms with van der Waals surface area (Å²) in [4.78, 5) is 15.9. The zero-order valence-corrected chi connectivity index (χ0v) is 10.3. The molecular formula is C12H13N3OS. The van der Waals surface area contributed by atoms with Crippen molar-refractivity contribution in [3.63, 3.8) is 0 Å². The SMILES string of the molecule is CNc1ccncc1C(=O)NCc1ccsc1. The Kier molecular flexibility index (Phi) is 3.72. The van der Waals surface area contributed by atoms with Crippen molar-refractivity contribution in [2.45, 2.75) is 6.54 Å². The predicted octanol–water partition coefficient (Wildman–Crippen LogP) is 2.11. The number of carbonyl (C=O) groups is 1. The van der Waals surface area contributed by atoms with Crippen LogP contribution in [0.3, 0.4) is 0 Å². The van der Waals surface area contributed by atoms with Gasteiger partial charge >= 0.3 is 0 Å². The number of thiophene rings is 1. The van der Waals surface area contributed by atoms with Gasteiger partial charge in [0.1, 0.15) is 0 Å². The topological polar surface area (TPSA) is 54.0 Å². The quantitative estimate of drug-likeness (QED) is 0.870. The van der Waals surface area contributed by atoms with Crippen LogP contribution in [0.2, 0.25) is 0 Å². The maximum absolute atomic E-state index is 11.9. The number of hydrogen-bond acceptors (Lipinski definition) is 4. The summed E-state index contributed by atoms with van der Waals surface area (Å²) in [6.45, 7) is 0.542. The van der Waals surface area contributed by atoms with Crippen molar-refractivity contribution in [3.05, 3.63) is 46.4 Å². The van der Waals surface area contributed by atoms with E-state index in [0.717, 1.165) is 11.3 Å². The molecule has 0 atom stereocenters. The van der Waals surface area contributed by atoms with E-state index in [9.17, 15) is 4.79 Å². The summed E-state index contributed by atoms with van der Waals surface area (Å²) in [5, 5.41) is 9.84. The second-order valence-corrected chi connectivity index (χ2v) is 4.27. The number of nitrogens with zero attached hydrogens (tertiary/aromatic N) is 1. The summed E-state index contributed by atoms with van der Waals surface area (Å²) in [5.74, 6) is -0.117. The second kappa shape index (κ2) is 5.45. The van der Waals surface area contributed by atoms with Gasteiger partial charge in [-0.1, -0.05) is 0 Å². The fourth-order valence-electron chi connectivity index (χ4n) is 1.46. The molecule has 0 saturated carbocycles. The van der Waals surface area contributed by atoms with Gasteiger partial charge in [-0.05, 0) is 28.5 Å². The number of nitrogens with one attached hydrogen (secondary N) is 2. The van der Waals surface area contributed by atoms with Crippen molar-refractivity contribution >= 4 is 22.9 Å². The molecule has 2 aromatic heterocycles. The number of aromatic nitrogens is 1. The summed E-state index contributed by atoms with van der Waals surface area (Å²) in [6, 6.07) is 3.77. The number of carbonyl (C=O) groups excluding carboxylic acids is 1. The van der Waals surface area contributed by atoms with E-state index in [2.05, 4.69) is 15.6 Å². The van der Waals surface area contributed by atoms with Crippen LogP contribution >= 0.6 is 11.3 Å². The fraction of sp³-hybridized carbons (Fsp3) is 0.167. The van der Waals surface area contributed by atoms with E-state index in [-0.39, 0.29) is 5.91 Å². The van der Waals surface area contributed by atoms with Crippen LogP contribution in [-0.2, 0) is 6.54 Å². The van der Waals surface area contributed by atoms with Crippen molar-refractivity contribution in [3.8, 4) is 0 Å². The number of rotatable bonds is 4. The molecule has 0 spiro atoms. The molecule has 2 aromatic rings.